The predicted octanol–water partition coefficient (Wildman–Crippen LogP) is 5.40. The van der Waals surface area contributed by atoms with Gasteiger partial charge in [0.25, 0.3) is 0 Å². The Labute approximate surface area is 250 Å². The fourth-order valence-corrected chi connectivity index (χ4v) is 8.23. The molecule has 41 heavy (non-hydrogen) atoms. The summed E-state index contributed by atoms with van der Waals surface area (Å²) in [5, 5.41) is 1.65. The van der Waals surface area contributed by atoms with Crippen molar-refractivity contribution >= 4 is 42.4 Å². The molecule has 0 bridgehead atoms. The van der Waals surface area contributed by atoms with Crippen LogP contribution in [0.5, 0.6) is 0 Å². The van der Waals surface area contributed by atoms with Crippen molar-refractivity contribution in [1.82, 2.24) is 18.9 Å². The van der Waals surface area contributed by atoms with E-state index in [1.165, 1.54) is 21.9 Å². The number of sulfonamides is 2. The Morgan fingerprint density at radius 3 is 2.24 bits per heavy atom. The number of hydrogen-bond acceptors (Lipinski definition) is 8. The molecule has 0 saturated heterocycles. The summed E-state index contributed by atoms with van der Waals surface area (Å²) in [4.78, 5) is 7.91. The molecular weight excluding hydrogens is 581 g/mol. The van der Waals surface area contributed by atoms with Crippen LogP contribution in [0.3, 0.4) is 0 Å². The van der Waals surface area contributed by atoms with Crippen LogP contribution in [0.15, 0.2) is 39.8 Å². The standard InChI is InChI=1S/C29H46N4O5S3/c1-21(2)17-32(18-22(3)4)19-26(31-41(36,37)27-11-12-28-25(16-27)13-15-38-28)10-8-9-14-33(40(7,34)35)20-29-23(5)30-24(6)39-29/h11-13,15-16,21-22,26,31H,8-10,14,17-20H2,1-7H3/t26-/m0/s1. The third kappa shape index (κ3) is 10.4. The van der Waals surface area contributed by atoms with Gasteiger partial charge in [-0.1, -0.05) is 34.1 Å². The van der Waals surface area contributed by atoms with Crippen LogP contribution in [0.25, 0.3) is 11.0 Å². The van der Waals surface area contributed by atoms with E-state index in [4.69, 9.17) is 4.42 Å². The van der Waals surface area contributed by atoms with E-state index in [-0.39, 0.29) is 10.9 Å². The number of aromatic nitrogens is 1. The van der Waals surface area contributed by atoms with Crippen molar-refractivity contribution < 1.29 is 21.3 Å². The predicted molar refractivity (Wildman–Crippen MR) is 167 cm³/mol. The van der Waals surface area contributed by atoms with Crippen LogP contribution in [0, 0.1) is 25.7 Å². The van der Waals surface area contributed by atoms with Gasteiger partial charge in [-0.25, -0.2) is 26.5 Å². The lowest BCUT2D eigenvalue weighted by atomic mass is 10.1. The summed E-state index contributed by atoms with van der Waals surface area (Å²) in [6, 6.07) is 6.30. The number of benzene rings is 1. The molecule has 2 aromatic heterocycles. The number of rotatable bonds is 17. The number of fused-ring (bicyclic) bond motifs is 1. The van der Waals surface area contributed by atoms with Crippen molar-refractivity contribution in [2.24, 2.45) is 11.8 Å². The third-order valence-corrected chi connectivity index (χ3v) is 10.6. The summed E-state index contributed by atoms with van der Waals surface area (Å²) in [7, 11) is -7.19. The van der Waals surface area contributed by atoms with Gasteiger partial charge in [-0.3, -0.25) is 0 Å². The summed E-state index contributed by atoms with van der Waals surface area (Å²) in [5.74, 6) is 0.883. The van der Waals surface area contributed by atoms with Gasteiger partial charge in [0.2, 0.25) is 20.0 Å². The second-order valence-corrected chi connectivity index (χ2v) is 16.8. The summed E-state index contributed by atoms with van der Waals surface area (Å²) < 4.78 is 61.9. The molecule has 230 valence electrons. The van der Waals surface area contributed by atoms with Crippen molar-refractivity contribution in [2.45, 2.75) is 78.3 Å². The average molecular weight is 627 g/mol. The molecule has 1 atom stereocenters. The Balaban J connectivity index is 1.73. The minimum atomic E-state index is -3.78. The molecule has 0 aliphatic carbocycles. The molecule has 0 unspecified atom stereocenters. The number of nitrogens with zero attached hydrogens (tertiary/aromatic N) is 3. The minimum Gasteiger partial charge on any atom is -0.464 e. The molecule has 0 spiro atoms. The number of aryl methyl sites for hydroxylation is 2. The molecule has 0 fully saturated rings. The first-order valence-corrected chi connectivity index (χ1v) is 18.4. The minimum absolute atomic E-state index is 0.203. The Morgan fingerprint density at radius 2 is 1.66 bits per heavy atom. The van der Waals surface area contributed by atoms with Crippen molar-refractivity contribution in [3.8, 4) is 0 Å². The lowest BCUT2D eigenvalue weighted by Crippen LogP contribution is -2.45. The Morgan fingerprint density at radius 1 is 0.976 bits per heavy atom. The number of thiazole rings is 1. The van der Waals surface area contributed by atoms with E-state index in [0.717, 1.165) is 34.1 Å². The van der Waals surface area contributed by atoms with Crippen LogP contribution in [0.1, 0.15) is 62.5 Å². The molecule has 0 saturated carbocycles. The molecule has 9 nitrogen and oxygen atoms in total. The van der Waals surface area contributed by atoms with Crippen LogP contribution in [0.2, 0.25) is 0 Å². The fraction of sp³-hybridized carbons (Fsp3) is 0.621. The Bertz CT molecular complexity index is 1470. The molecular formula is C29H46N4O5S3. The van der Waals surface area contributed by atoms with Gasteiger partial charge in [-0.2, -0.15) is 4.31 Å². The lowest BCUT2D eigenvalue weighted by Gasteiger charge is -2.31. The fourth-order valence-electron chi connectivity index (χ4n) is 5.08. The summed E-state index contributed by atoms with van der Waals surface area (Å²) in [6.07, 6.45) is 4.68. The van der Waals surface area contributed by atoms with Crippen molar-refractivity contribution in [3.63, 3.8) is 0 Å². The molecule has 3 aromatic rings. The van der Waals surface area contributed by atoms with Crippen molar-refractivity contribution in [1.29, 1.82) is 0 Å². The smallest absolute Gasteiger partial charge is 0.240 e. The normalized spacial score (nSPS) is 13.8. The summed E-state index contributed by atoms with van der Waals surface area (Å²) in [5.41, 5.74) is 1.50. The van der Waals surface area contributed by atoms with E-state index < -0.39 is 20.0 Å². The molecule has 2 heterocycles. The Kier molecular flexibility index (Phi) is 12.0. The van der Waals surface area contributed by atoms with Gasteiger partial charge in [0.1, 0.15) is 5.58 Å². The zero-order valence-corrected chi connectivity index (χ0v) is 27.8. The highest BCUT2D eigenvalue weighted by atomic mass is 32.2. The molecule has 0 aliphatic heterocycles. The number of hydrogen-bond donors (Lipinski definition) is 1. The molecule has 12 heteroatoms. The van der Waals surface area contributed by atoms with E-state index in [9.17, 15) is 16.8 Å². The van der Waals surface area contributed by atoms with Crippen molar-refractivity contribution in [3.05, 3.63) is 46.1 Å². The maximum absolute atomic E-state index is 13.5. The monoisotopic (exact) mass is 626 g/mol. The van der Waals surface area contributed by atoms with E-state index in [0.29, 0.717) is 56.3 Å². The average Bonchev–Trinajstić information content (AvgIpc) is 3.43. The molecule has 0 aliphatic rings. The first-order chi connectivity index (χ1) is 19.1. The van der Waals surface area contributed by atoms with Gasteiger partial charge in [-0.15, -0.1) is 11.3 Å². The second-order valence-electron chi connectivity index (χ2n) is 11.8. The number of unbranched alkanes of at least 4 members (excludes halogenated alkanes) is 1. The molecule has 1 N–H and O–H groups in total. The highest BCUT2D eigenvalue weighted by Crippen LogP contribution is 2.23. The number of nitrogens with one attached hydrogen (secondary N) is 1. The van der Waals surface area contributed by atoms with Gasteiger partial charge in [0.05, 0.1) is 28.1 Å². The van der Waals surface area contributed by atoms with Gasteiger partial charge in [0, 0.05) is 49.0 Å². The maximum Gasteiger partial charge on any atom is 0.240 e. The van der Waals surface area contributed by atoms with Gasteiger partial charge in [0.15, 0.2) is 0 Å². The number of furan rings is 1. The van der Waals surface area contributed by atoms with E-state index in [2.05, 4.69) is 42.3 Å². The quantitative estimate of drug-likeness (QED) is 0.200. The Hall–Kier alpha value is -1.83. The van der Waals surface area contributed by atoms with E-state index >= 15 is 0 Å². The van der Waals surface area contributed by atoms with Crippen LogP contribution < -0.4 is 4.72 Å². The van der Waals surface area contributed by atoms with Crippen molar-refractivity contribution in [2.75, 3.05) is 32.4 Å². The second kappa shape index (κ2) is 14.6. The van der Waals surface area contributed by atoms with E-state index in [1.54, 1.807) is 30.5 Å². The molecule has 3 rings (SSSR count). The van der Waals surface area contributed by atoms with Gasteiger partial charge >= 0.3 is 0 Å². The summed E-state index contributed by atoms with van der Waals surface area (Å²) >= 11 is 1.52. The van der Waals surface area contributed by atoms with Gasteiger partial charge in [-0.05, 0) is 62.8 Å². The third-order valence-electron chi connectivity index (χ3n) is 6.78. The lowest BCUT2D eigenvalue weighted by molar-refractivity contribution is 0.199. The van der Waals surface area contributed by atoms with Crippen LogP contribution in [0.4, 0.5) is 0 Å². The summed E-state index contributed by atoms with van der Waals surface area (Å²) in [6.45, 7) is 15.5. The first kappa shape index (κ1) is 33.7. The van der Waals surface area contributed by atoms with Crippen LogP contribution >= 0.6 is 11.3 Å². The van der Waals surface area contributed by atoms with Gasteiger partial charge < -0.3 is 9.32 Å². The highest BCUT2D eigenvalue weighted by Gasteiger charge is 2.24. The largest absolute Gasteiger partial charge is 0.464 e. The first-order valence-electron chi connectivity index (χ1n) is 14.2. The molecule has 0 amide bonds. The van der Waals surface area contributed by atoms with Crippen LogP contribution in [-0.4, -0.2) is 69.5 Å². The van der Waals surface area contributed by atoms with E-state index in [1.807, 2.05) is 13.8 Å². The topological polar surface area (TPSA) is 113 Å². The zero-order chi connectivity index (χ0) is 30.4. The molecule has 0 radical (unpaired) electrons. The molecule has 1 aromatic carbocycles. The zero-order valence-electron chi connectivity index (χ0n) is 25.4. The van der Waals surface area contributed by atoms with Crippen LogP contribution in [-0.2, 0) is 26.6 Å². The highest BCUT2D eigenvalue weighted by molar-refractivity contribution is 7.89. The maximum atomic E-state index is 13.5. The SMILES string of the molecule is Cc1nc(C)c(CN(CCCC[C@@H](CN(CC(C)C)CC(C)C)NS(=O)(=O)c2ccc3occc3c2)S(C)(=O)=O)s1.